The predicted octanol–water partition coefficient (Wildman–Crippen LogP) is 0.766. The Labute approximate surface area is 92.7 Å². The quantitative estimate of drug-likeness (QED) is 0.787. The van der Waals surface area contributed by atoms with Gasteiger partial charge in [0.05, 0.1) is 0 Å². The maximum atomic E-state index is 10.9. The van der Waals surface area contributed by atoms with Crippen LogP contribution >= 0.6 is 0 Å². The van der Waals surface area contributed by atoms with Gasteiger partial charge in [-0.05, 0) is 12.8 Å². The highest BCUT2D eigenvalue weighted by Gasteiger charge is 2.18. The summed E-state index contributed by atoms with van der Waals surface area (Å²) in [5.41, 5.74) is -0.0333. The zero-order valence-corrected chi connectivity index (χ0v) is 8.72. The van der Waals surface area contributed by atoms with E-state index in [0.29, 0.717) is 19.0 Å². The molecule has 0 atom stereocenters. The zero-order valence-electron chi connectivity index (χ0n) is 8.72. The molecule has 16 heavy (non-hydrogen) atoms. The summed E-state index contributed by atoms with van der Waals surface area (Å²) in [6.07, 6.45) is 4.57. The minimum atomic E-state index is -1.07. The van der Waals surface area contributed by atoms with Gasteiger partial charge >= 0.3 is 5.97 Å². The van der Waals surface area contributed by atoms with Gasteiger partial charge in [0.1, 0.15) is 0 Å². The first-order chi connectivity index (χ1) is 7.77. The molecule has 1 aliphatic rings. The lowest BCUT2D eigenvalue weighted by atomic mass is 10.1. The molecule has 6 heteroatoms. The summed E-state index contributed by atoms with van der Waals surface area (Å²) in [6.45, 7) is 1.39. The standard InChI is InChI=1S/C10H13N3O3/c14-10(15)8-9(12-4-3-11-8)13-7-1-5-16-6-2-7/h3-4,7H,1-2,5-6H2,(H,12,13)(H,14,15). The number of carbonyl (C=O) groups is 1. The largest absolute Gasteiger partial charge is 0.476 e. The molecule has 86 valence electrons. The van der Waals surface area contributed by atoms with Gasteiger partial charge in [0, 0.05) is 31.6 Å². The number of hydrogen-bond donors (Lipinski definition) is 2. The Balaban J connectivity index is 2.10. The number of ether oxygens (including phenoxy) is 1. The van der Waals surface area contributed by atoms with E-state index in [-0.39, 0.29) is 11.7 Å². The van der Waals surface area contributed by atoms with Crippen LogP contribution < -0.4 is 5.32 Å². The SMILES string of the molecule is O=C(O)c1nccnc1NC1CCOCC1. The number of nitrogens with one attached hydrogen (secondary N) is 1. The second kappa shape index (κ2) is 4.89. The molecule has 0 aromatic carbocycles. The average molecular weight is 223 g/mol. The number of hydrogen-bond acceptors (Lipinski definition) is 5. The molecule has 0 radical (unpaired) electrons. The summed E-state index contributed by atoms with van der Waals surface area (Å²) in [4.78, 5) is 18.7. The molecule has 1 aromatic rings. The van der Waals surface area contributed by atoms with E-state index in [1.165, 1.54) is 12.4 Å². The molecule has 1 fully saturated rings. The smallest absolute Gasteiger partial charge is 0.358 e. The molecule has 0 bridgehead atoms. The zero-order chi connectivity index (χ0) is 11.4. The number of rotatable bonds is 3. The van der Waals surface area contributed by atoms with E-state index in [2.05, 4.69) is 15.3 Å². The summed E-state index contributed by atoms with van der Waals surface area (Å²) in [7, 11) is 0. The van der Waals surface area contributed by atoms with Crippen molar-refractivity contribution in [3.63, 3.8) is 0 Å². The highest BCUT2D eigenvalue weighted by Crippen LogP contribution is 2.15. The number of carboxylic acid groups (broad SMARTS) is 1. The highest BCUT2D eigenvalue weighted by molar-refractivity contribution is 5.90. The van der Waals surface area contributed by atoms with Crippen molar-refractivity contribution in [3.8, 4) is 0 Å². The molecule has 0 aliphatic carbocycles. The van der Waals surface area contributed by atoms with Crippen molar-refractivity contribution in [2.75, 3.05) is 18.5 Å². The van der Waals surface area contributed by atoms with Crippen LogP contribution in [0, 0.1) is 0 Å². The van der Waals surface area contributed by atoms with E-state index in [0.717, 1.165) is 12.8 Å². The van der Waals surface area contributed by atoms with Crippen LogP contribution in [0.5, 0.6) is 0 Å². The number of nitrogens with zero attached hydrogens (tertiary/aromatic N) is 2. The molecule has 0 spiro atoms. The van der Waals surface area contributed by atoms with E-state index in [9.17, 15) is 4.79 Å². The van der Waals surface area contributed by atoms with Gasteiger partial charge in [0.2, 0.25) is 0 Å². The molecule has 1 aliphatic heterocycles. The fourth-order valence-electron chi connectivity index (χ4n) is 1.64. The molecule has 0 saturated carbocycles. The summed E-state index contributed by atoms with van der Waals surface area (Å²) < 4.78 is 5.22. The van der Waals surface area contributed by atoms with Crippen LogP contribution in [0.3, 0.4) is 0 Å². The lowest BCUT2D eigenvalue weighted by molar-refractivity contribution is 0.0691. The first-order valence-corrected chi connectivity index (χ1v) is 5.16. The summed E-state index contributed by atoms with van der Waals surface area (Å²) in [5.74, 6) is -0.732. The normalized spacial score (nSPS) is 17.0. The van der Waals surface area contributed by atoms with Crippen molar-refractivity contribution >= 4 is 11.8 Å². The van der Waals surface area contributed by atoms with Gasteiger partial charge < -0.3 is 15.2 Å². The molecule has 2 heterocycles. The second-order valence-electron chi connectivity index (χ2n) is 3.59. The number of carboxylic acids is 1. The molecule has 0 amide bonds. The maximum absolute atomic E-state index is 10.9. The van der Waals surface area contributed by atoms with E-state index in [1.807, 2.05) is 0 Å². The van der Waals surface area contributed by atoms with Crippen molar-refractivity contribution in [2.45, 2.75) is 18.9 Å². The first-order valence-electron chi connectivity index (χ1n) is 5.16. The monoisotopic (exact) mass is 223 g/mol. The van der Waals surface area contributed by atoms with Crippen LogP contribution in [0.4, 0.5) is 5.82 Å². The highest BCUT2D eigenvalue weighted by atomic mass is 16.5. The number of anilines is 1. The van der Waals surface area contributed by atoms with E-state index >= 15 is 0 Å². The fraction of sp³-hybridized carbons (Fsp3) is 0.500. The molecular weight excluding hydrogens is 210 g/mol. The van der Waals surface area contributed by atoms with Gasteiger partial charge in [0.25, 0.3) is 0 Å². The minimum Gasteiger partial charge on any atom is -0.476 e. The lowest BCUT2D eigenvalue weighted by Gasteiger charge is -2.23. The van der Waals surface area contributed by atoms with E-state index in [4.69, 9.17) is 9.84 Å². The van der Waals surface area contributed by atoms with E-state index < -0.39 is 5.97 Å². The van der Waals surface area contributed by atoms with Crippen LogP contribution in [0.25, 0.3) is 0 Å². The van der Waals surface area contributed by atoms with Gasteiger partial charge in [-0.25, -0.2) is 14.8 Å². The molecule has 1 aromatic heterocycles. The van der Waals surface area contributed by atoms with Gasteiger partial charge in [-0.3, -0.25) is 0 Å². The summed E-state index contributed by atoms with van der Waals surface area (Å²) in [5, 5.41) is 12.0. The van der Waals surface area contributed by atoms with Gasteiger partial charge in [0.15, 0.2) is 11.5 Å². The predicted molar refractivity (Wildman–Crippen MR) is 56.5 cm³/mol. The Bertz CT molecular complexity index is 377. The average Bonchev–Trinajstić information content (AvgIpc) is 2.31. The third kappa shape index (κ3) is 2.46. The Hall–Kier alpha value is -1.69. The summed E-state index contributed by atoms with van der Waals surface area (Å²) in [6, 6.07) is 0.212. The molecule has 2 N–H and O–H groups in total. The molecule has 6 nitrogen and oxygen atoms in total. The van der Waals surface area contributed by atoms with Crippen molar-refractivity contribution in [1.29, 1.82) is 0 Å². The number of aromatic carboxylic acids is 1. The second-order valence-corrected chi connectivity index (χ2v) is 3.59. The van der Waals surface area contributed by atoms with Gasteiger partial charge in [-0.15, -0.1) is 0 Å². The van der Waals surface area contributed by atoms with Crippen LogP contribution in [0.1, 0.15) is 23.3 Å². The topological polar surface area (TPSA) is 84.3 Å². The summed E-state index contributed by atoms with van der Waals surface area (Å²) >= 11 is 0. The number of aromatic nitrogens is 2. The van der Waals surface area contributed by atoms with Gasteiger partial charge in [-0.1, -0.05) is 0 Å². The molecule has 2 rings (SSSR count). The molecule has 1 saturated heterocycles. The first kappa shape index (κ1) is 10.8. The molecular formula is C10H13N3O3. The van der Waals surface area contributed by atoms with Gasteiger partial charge in [-0.2, -0.15) is 0 Å². The van der Waals surface area contributed by atoms with Crippen molar-refractivity contribution < 1.29 is 14.6 Å². The third-order valence-electron chi connectivity index (χ3n) is 2.46. The molecule has 0 unspecified atom stereocenters. The van der Waals surface area contributed by atoms with Crippen molar-refractivity contribution in [3.05, 3.63) is 18.1 Å². The van der Waals surface area contributed by atoms with Crippen LogP contribution in [-0.4, -0.2) is 40.3 Å². The maximum Gasteiger partial charge on any atom is 0.358 e. The van der Waals surface area contributed by atoms with Crippen molar-refractivity contribution in [2.24, 2.45) is 0 Å². The fourth-order valence-corrected chi connectivity index (χ4v) is 1.64. The Morgan fingerprint density at radius 3 is 2.75 bits per heavy atom. The minimum absolute atomic E-state index is 0.0333. The third-order valence-corrected chi connectivity index (χ3v) is 2.46. The lowest BCUT2D eigenvalue weighted by Crippen LogP contribution is -2.29. The Kier molecular flexibility index (Phi) is 3.31. The van der Waals surface area contributed by atoms with E-state index in [1.54, 1.807) is 0 Å². The van der Waals surface area contributed by atoms with Crippen LogP contribution in [0.15, 0.2) is 12.4 Å². The van der Waals surface area contributed by atoms with Crippen molar-refractivity contribution in [1.82, 2.24) is 9.97 Å². The van der Waals surface area contributed by atoms with Crippen LogP contribution in [-0.2, 0) is 4.74 Å². The Morgan fingerprint density at radius 2 is 2.06 bits per heavy atom. The van der Waals surface area contributed by atoms with Crippen LogP contribution in [0.2, 0.25) is 0 Å². The Morgan fingerprint density at radius 1 is 1.38 bits per heavy atom.